The summed E-state index contributed by atoms with van der Waals surface area (Å²) in [5.74, 6) is -0.860. The lowest BCUT2D eigenvalue weighted by atomic mass is 10.1. The minimum Gasteiger partial charge on any atom is -0.388 e. The first-order valence-corrected chi connectivity index (χ1v) is 5.42. The van der Waals surface area contributed by atoms with Crippen LogP contribution in [-0.4, -0.2) is 11.3 Å². The number of pyridine rings is 1. The van der Waals surface area contributed by atoms with Crippen molar-refractivity contribution in [3.05, 3.63) is 20.9 Å². The quantitative estimate of drug-likeness (QED) is 0.597. The Morgan fingerprint density at radius 1 is 1.44 bits per heavy atom. The molecule has 1 aromatic heterocycles. The van der Waals surface area contributed by atoms with Crippen molar-refractivity contribution in [2.45, 2.75) is 19.2 Å². The van der Waals surface area contributed by atoms with Crippen LogP contribution in [0.5, 0.6) is 5.88 Å². The zero-order valence-corrected chi connectivity index (χ0v) is 10.6. The molecule has 0 saturated heterocycles. The molecule has 1 aromatic rings. The van der Waals surface area contributed by atoms with Gasteiger partial charge in [-0.2, -0.15) is 5.26 Å². The van der Waals surface area contributed by atoms with E-state index in [4.69, 9.17) is 5.26 Å². The van der Waals surface area contributed by atoms with E-state index in [1.54, 1.807) is 6.07 Å². The van der Waals surface area contributed by atoms with Gasteiger partial charge in [0.15, 0.2) is 0 Å². The van der Waals surface area contributed by atoms with Crippen molar-refractivity contribution in [2.24, 2.45) is 0 Å². The third kappa shape index (κ3) is 3.94. The predicted molar refractivity (Wildman–Crippen MR) is 57.9 cm³/mol. The number of hydrogen-bond donors (Lipinski definition) is 0. The summed E-state index contributed by atoms with van der Waals surface area (Å²) in [5.41, 5.74) is -0.967. The molecule has 98 valence electrons. The summed E-state index contributed by atoms with van der Waals surface area (Å²) in [6.07, 6.45) is -8.41. The smallest absolute Gasteiger partial charge is 0.388 e. The molecule has 0 atom stereocenters. The van der Waals surface area contributed by atoms with Gasteiger partial charge in [0.2, 0.25) is 5.88 Å². The first-order valence-electron chi connectivity index (χ1n) is 4.34. The molecule has 0 amide bonds. The Morgan fingerprint density at radius 3 is 2.50 bits per heavy atom. The Labute approximate surface area is 112 Å². The van der Waals surface area contributed by atoms with Crippen LogP contribution in [0.25, 0.3) is 0 Å². The first kappa shape index (κ1) is 14.9. The van der Waals surface area contributed by atoms with Gasteiger partial charge in [-0.15, -0.1) is 13.2 Å². The van der Waals surface area contributed by atoms with E-state index in [1.165, 1.54) is 22.6 Å². The summed E-state index contributed by atoms with van der Waals surface area (Å²) in [5, 5.41) is 8.44. The molecule has 0 spiro atoms. The second-order valence-corrected chi connectivity index (χ2v) is 4.15. The molecule has 0 unspecified atom stereocenters. The second-order valence-electron chi connectivity index (χ2n) is 2.99. The van der Waals surface area contributed by atoms with Crippen LogP contribution in [-0.2, 0) is 6.42 Å². The monoisotopic (exact) mass is 378 g/mol. The Balaban J connectivity index is 3.24. The number of ether oxygens (including phenoxy) is 1. The highest BCUT2D eigenvalue weighted by Gasteiger charge is 2.32. The number of hydrogen-bond acceptors (Lipinski definition) is 3. The van der Waals surface area contributed by atoms with E-state index < -0.39 is 36.3 Å². The van der Waals surface area contributed by atoms with Gasteiger partial charge in [-0.3, -0.25) is 0 Å². The third-order valence-corrected chi connectivity index (χ3v) is 2.64. The minimum absolute atomic E-state index is 0.137. The Kier molecular flexibility index (Phi) is 4.66. The maximum absolute atomic E-state index is 12.7. The van der Waals surface area contributed by atoms with Crippen molar-refractivity contribution in [1.29, 1.82) is 5.26 Å². The van der Waals surface area contributed by atoms with Gasteiger partial charge in [0, 0.05) is 9.64 Å². The molecule has 0 saturated carbocycles. The van der Waals surface area contributed by atoms with E-state index in [1.807, 2.05) is 0 Å². The lowest BCUT2D eigenvalue weighted by Gasteiger charge is -2.12. The zero-order valence-electron chi connectivity index (χ0n) is 8.43. The van der Waals surface area contributed by atoms with E-state index in [0.29, 0.717) is 0 Å². The third-order valence-electron chi connectivity index (χ3n) is 1.75. The highest BCUT2D eigenvalue weighted by atomic mass is 127. The van der Waals surface area contributed by atoms with Crippen LogP contribution >= 0.6 is 22.6 Å². The van der Waals surface area contributed by atoms with Crippen molar-refractivity contribution in [3.63, 3.8) is 0 Å². The Morgan fingerprint density at radius 2 is 2.06 bits per heavy atom. The molecular formula is C9H4F5IN2O. The lowest BCUT2D eigenvalue weighted by Crippen LogP contribution is -2.19. The van der Waals surface area contributed by atoms with Crippen molar-refractivity contribution in [2.75, 3.05) is 0 Å². The van der Waals surface area contributed by atoms with Crippen LogP contribution < -0.4 is 4.74 Å². The van der Waals surface area contributed by atoms with E-state index in [0.717, 1.165) is 6.07 Å². The number of halogens is 6. The maximum atomic E-state index is 12.7. The highest BCUT2D eigenvalue weighted by molar-refractivity contribution is 14.1. The summed E-state index contributed by atoms with van der Waals surface area (Å²) in [4.78, 5) is 3.28. The molecule has 0 fully saturated rings. The predicted octanol–water partition coefficient (Wildman–Crippen LogP) is 3.59. The number of rotatable bonds is 3. The zero-order chi connectivity index (χ0) is 13.9. The molecule has 0 N–H and O–H groups in total. The molecule has 0 aliphatic heterocycles. The van der Waals surface area contributed by atoms with E-state index in [-0.39, 0.29) is 3.57 Å². The van der Waals surface area contributed by atoms with Gasteiger partial charge in [-0.25, -0.2) is 13.8 Å². The number of nitriles is 1. The van der Waals surface area contributed by atoms with E-state index in [2.05, 4.69) is 9.72 Å². The Bertz CT molecular complexity index is 483. The summed E-state index contributed by atoms with van der Waals surface area (Å²) >= 11 is 1.44. The summed E-state index contributed by atoms with van der Waals surface area (Å²) < 4.78 is 64.6. The highest BCUT2D eigenvalue weighted by Crippen LogP contribution is 2.31. The summed E-state index contributed by atoms with van der Waals surface area (Å²) in [7, 11) is 0. The normalized spacial score (nSPS) is 11.4. The average molecular weight is 378 g/mol. The molecule has 3 nitrogen and oxygen atoms in total. The SMILES string of the molecule is N#CCc1nc(OC(F)(F)F)cc(I)c1C(F)F. The van der Waals surface area contributed by atoms with Crippen LogP contribution in [0.1, 0.15) is 17.7 Å². The molecule has 1 rings (SSSR count). The van der Waals surface area contributed by atoms with Crippen LogP contribution in [0.15, 0.2) is 6.07 Å². The fourth-order valence-electron chi connectivity index (χ4n) is 1.16. The van der Waals surface area contributed by atoms with Gasteiger partial charge in [0.25, 0.3) is 6.43 Å². The summed E-state index contributed by atoms with van der Waals surface area (Å²) in [6.45, 7) is 0. The van der Waals surface area contributed by atoms with Crippen molar-refractivity contribution in [3.8, 4) is 11.9 Å². The van der Waals surface area contributed by atoms with Crippen LogP contribution in [0.3, 0.4) is 0 Å². The first-order chi connectivity index (χ1) is 8.24. The maximum Gasteiger partial charge on any atom is 0.574 e. The van der Waals surface area contributed by atoms with Gasteiger partial charge >= 0.3 is 6.36 Å². The van der Waals surface area contributed by atoms with Crippen molar-refractivity contribution < 1.29 is 26.7 Å². The number of aromatic nitrogens is 1. The molecule has 1 heterocycles. The summed E-state index contributed by atoms with van der Waals surface area (Å²) in [6, 6.07) is 2.31. The topological polar surface area (TPSA) is 45.9 Å². The largest absolute Gasteiger partial charge is 0.574 e. The second kappa shape index (κ2) is 5.64. The Hall–Kier alpha value is -1.18. The van der Waals surface area contributed by atoms with Gasteiger partial charge in [0.1, 0.15) is 0 Å². The van der Waals surface area contributed by atoms with E-state index >= 15 is 0 Å². The molecule has 0 aliphatic carbocycles. The van der Waals surface area contributed by atoms with Gasteiger partial charge in [-0.05, 0) is 22.6 Å². The number of nitrogens with zero attached hydrogens (tertiary/aromatic N) is 2. The fraction of sp³-hybridized carbons (Fsp3) is 0.333. The molecule has 0 radical (unpaired) electrons. The minimum atomic E-state index is -4.97. The van der Waals surface area contributed by atoms with Gasteiger partial charge in [0.05, 0.1) is 23.7 Å². The molecule has 18 heavy (non-hydrogen) atoms. The van der Waals surface area contributed by atoms with Crippen LogP contribution in [0.2, 0.25) is 0 Å². The molecule has 0 aliphatic rings. The van der Waals surface area contributed by atoms with Crippen LogP contribution in [0, 0.1) is 14.9 Å². The molecule has 0 aromatic carbocycles. The average Bonchev–Trinajstić information content (AvgIpc) is 2.13. The molecular weight excluding hydrogens is 374 g/mol. The number of alkyl halides is 5. The van der Waals surface area contributed by atoms with Gasteiger partial charge in [-0.1, -0.05) is 0 Å². The fourth-order valence-corrected chi connectivity index (χ4v) is 1.97. The molecule has 9 heteroatoms. The van der Waals surface area contributed by atoms with E-state index in [9.17, 15) is 22.0 Å². The van der Waals surface area contributed by atoms with Gasteiger partial charge < -0.3 is 4.74 Å². The van der Waals surface area contributed by atoms with Crippen molar-refractivity contribution in [1.82, 2.24) is 4.98 Å². The van der Waals surface area contributed by atoms with Crippen LogP contribution in [0.4, 0.5) is 22.0 Å². The molecule has 0 bridgehead atoms. The lowest BCUT2D eigenvalue weighted by molar-refractivity contribution is -0.276. The van der Waals surface area contributed by atoms with Crippen molar-refractivity contribution >= 4 is 22.6 Å². The standard InChI is InChI=1S/C9H4F5IN2O/c10-8(11)7-4(15)3-6(18-9(12,13)14)17-5(7)1-2-16/h3,8H,1H2.